The second-order valence-corrected chi connectivity index (χ2v) is 4.75. The van der Waals surface area contributed by atoms with E-state index in [0.29, 0.717) is 35.3 Å². The van der Waals surface area contributed by atoms with Crippen LogP contribution < -0.4 is 15.4 Å². The van der Waals surface area contributed by atoms with Crippen molar-refractivity contribution in [2.45, 2.75) is 6.42 Å². The summed E-state index contributed by atoms with van der Waals surface area (Å²) in [6.07, 6.45) is 1.97. The van der Waals surface area contributed by atoms with Gasteiger partial charge >= 0.3 is 0 Å². The highest BCUT2D eigenvalue weighted by Gasteiger charge is 2.08. The molecule has 1 aromatic carbocycles. The lowest BCUT2D eigenvalue weighted by Gasteiger charge is -2.07. The molecule has 0 saturated carbocycles. The molecule has 0 aliphatic carbocycles. The predicted molar refractivity (Wildman–Crippen MR) is 83.7 cm³/mol. The molecule has 2 N–H and O–H groups in total. The molecule has 1 amide bonds. The Morgan fingerprint density at radius 2 is 2.29 bits per heavy atom. The molecule has 0 atom stereocenters. The van der Waals surface area contributed by atoms with Gasteiger partial charge in [-0.3, -0.25) is 4.79 Å². The van der Waals surface area contributed by atoms with Gasteiger partial charge in [-0.2, -0.15) is 5.26 Å². The van der Waals surface area contributed by atoms with E-state index in [9.17, 15) is 4.79 Å². The molecule has 1 aromatic rings. The average molecular weight is 328 g/mol. The Labute approximate surface area is 133 Å². The zero-order valence-electron chi connectivity index (χ0n) is 11.5. The van der Waals surface area contributed by atoms with Crippen molar-refractivity contribution in [3.05, 3.63) is 35.0 Å². The van der Waals surface area contributed by atoms with Crippen LogP contribution in [0.1, 0.15) is 6.42 Å². The summed E-state index contributed by atoms with van der Waals surface area (Å²) in [5.41, 5.74) is 0.610. The highest BCUT2D eigenvalue weighted by atomic mass is 35.5. The lowest BCUT2D eigenvalue weighted by molar-refractivity contribution is -0.117. The lowest BCUT2D eigenvalue weighted by Crippen LogP contribution is -2.26. The first-order valence-electron chi connectivity index (χ1n) is 6.17. The van der Waals surface area contributed by atoms with Crippen LogP contribution in [0.15, 0.2) is 30.0 Å². The van der Waals surface area contributed by atoms with Gasteiger partial charge in [0.2, 0.25) is 0 Å². The van der Waals surface area contributed by atoms with Crippen LogP contribution in [-0.2, 0) is 4.79 Å². The fraction of sp³-hybridized carbons (Fsp3) is 0.286. The van der Waals surface area contributed by atoms with Gasteiger partial charge in [-0.1, -0.05) is 11.6 Å². The van der Waals surface area contributed by atoms with Crippen LogP contribution in [0.3, 0.4) is 0 Å². The fourth-order valence-electron chi connectivity index (χ4n) is 1.42. The molecule has 5 nitrogen and oxygen atoms in total. The van der Waals surface area contributed by atoms with E-state index in [1.54, 1.807) is 18.2 Å². The van der Waals surface area contributed by atoms with E-state index in [2.05, 4.69) is 10.6 Å². The van der Waals surface area contributed by atoms with Crippen molar-refractivity contribution >= 4 is 34.8 Å². The number of benzene rings is 1. The third-order valence-electron chi connectivity index (χ3n) is 2.50. The van der Waals surface area contributed by atoms with Gasteiger partial charge in [0.25, 0.3) is 5.91 Å². The SMILES string of the molecule is COc1ccc(N/C=C(/C#N)C(=O)NCCCCl)cc1Cl. The van der Waals surface area contributed by atoms with Gasteiger partial charge in [-0.05, 0) is 24.6 Å². The summed E-state index contributed by atoms with van der Waals surface area (Å²) in [6.45, 7) is 0.426. The third-order valence-corrected chi connectivity index (χ3v) is 3.06. The summed E-state index contributed by atoms with van der Waals surface area (Å²) < 4.78 is 5.04. The van der Waals surface area contributed by atoms with Crippen LogP contribution in [0.4, 0.5) is 5.69 Å². The van der Waals surface area contributed by atoms with Crippen molar-refractivity contribution in [2.24, 2.45) is 0 Å². The van der Waals surface area contributed by atoms with Crippen LogP contribution in [0.25, 0.3) is 0 Å². The molecule has 0 radical (unpaired) electrons. The number of halogens is 2. The molecule has 112 valence electrons. The Balaban J connectivity index is 2.70. The minimum atomic E-state index is -0.449. The minimum absolute atomic E-state index is 0.0310. The largest absolute Gasteiger partial charge is 0.495 e. The zero-order valence-corrected chi connectivity index (χ0v) is 13.0. The summed E-state index contributed by atoms with van der Waals surface area (Å²) in [5, 5.41) is 14.9. The molecule has 21 heavy (non-hydrogen) atoms. The van der Waals surface area contributed by atoms with Gasteiger partial charge < -0.3 is 15.4 Å². The van der Waals surface area contributed by atoms with Crippen molar-refractivity contribution < 1.29 is 9.53 Å². The number of carbonyl (C=O) groups excluding carboxylic acids is 1. The van der Waals surface area contributed by atoms with Crippen LogP contribution in [-0.4, -0.2) is 25.4 Å². The standard InChI is InChI=1S/C14H15Cl2N3O2/c1-21-13-4-3-11(7-12(13)16)19-9-10(8-17)14(20)18-6-2-5-15/h3-4,7,9,19H,2,5-6H2,1H3,(H,18,20)/b10-9-. The number of hydrogen-bond donors (Lipinski definition) is 2. The van der Waals surface area contributed by atoms with Crippen molar-refractivity contribution in [3.63, 3.8) is 0 Å². The monoisotopic (exact) mass is 327 g/mol. The molecule has 0 spiro atoms. The lowest BCUT2D eigenvalue weighted by atomic mass is 10.2. The summed E-state index contributed by atoms with van der Waals surface area (Å²) in [4.78, 5) is 11.7. The number of carbonyl (C=O) groups is 1. The Bertz CT molecular complexity index is 568. The second-order valence-electron chi connectivity index (χ2n) is 3.96. The first-order chi connectivity index (χ1) is 10.1. The van der Waals surface area contributed by atoms with E-state index in [0.717, 1.165) is 0 Å². The van der Waals surface area contributed by atoms with Crippen molar-refractivity contribution in [2.75, 3.05) is 24.9 Å². The van der Waals surface area contributed by atoms with E-state index in [1.807, 2.05) is 6.07 Å². The number of nitrogens with one attached hydrogen (secondary N) is 2. The van der Waals surface area contributed by atoms with E-state index in [4.69, 9.17) is 33.2 Å². The van der Waals surface area contributed by atoms with Gasteiger partial charge in [0.15, 0.2) is 0 Å². The summed E-state index contributed by atoms with van der Waals surface area (Å²) in [6, 6.07) is 6.88. The number of methoxy groups -OCH3 is 1. The molecule has 7 heteroatoms. The summed E-state index contributed by atoms with van der Waals surface area (Å²) in [5.74, 6) is 0.550. The first kappa shape index (κ1) is 17.2. The fourth-order valence-corrected chi connectivity index (χ4v) is 1.82. The highest BCUT2D eigenvalue weighted by Crippen LogP contribution is 2.27. The van der Waals surface area contributed by atoms with E-state index >= 15 is 0 Å². The van der Waals surface area contributed by atoms with Crippen molar-refractivity contribution in [3.8, 4) is 11.8 Å². The molecule has 0 aliphatic rings. The van der Waals surface area contributed by atoms with Crippen LogP contribution in [0.5, 0.6) is 5.75 Å². The maximum Gasteiger partial charge on any atom is 0.263 e. The van der Waals surface area contributed by atoms with Crippen molar-refractivity contribution in [1.82, 2.24) is 5.32 Å². The number of anilines is 1. The van der Waals surface area contributed by atoms with Gasteiger partial charge in [-0.25, -0.2) is 0 Å². The Morgan fingerprint density at radius 3 is 2.86 bits per heavy atom. The third kappa shape index (κ3) is 5.54. The topological polar surface area (TPSA) is 74.1 Å². The molecule has 0 aliphatic heterocycles. The molecule has 0 heterocycles. The number of nitriles is 1. The zero-order chi connectivity index (χ0) is 15.7. The number of nitrogens with zero attached hydrogens (tertiary/aromatic N) is 1. The molecular formula is C14H15Cl2N3O2. The average Bonchev–Trinajstić information content (AvgIpc) is 2.48. The first-order valence-corrected chi connectivity index (χ1v) is 7.08. The predicted octanol–water partition coefficient (Wildman–Crippen LogP) is 2.91. The highest BCUT2D eigenvalue weighted by molar-refractivity contribution is 6.32. The molecule has 0 aromatic heterocycles. The summed E-state index contributed by atoms with van der Waals surface area (Å²) >= 11 is 11.5. The van der Waals surface area contributed by atoms with Gasteiger partial charge in [0.05, 0.1) is 12.1 Å². The van der Waals surface area contributed by atoms with E-state index < -0.39 is 5.91 Å². The molecular weight excluding hydrogens is 313 g/mol. The number of alkyl halides is 1. The quantitative estimate of drug-likeness (QED) is 0.349. The molecule has 0 saturated heterocycles. The smallest absolute Gasteiger partial charge is 0.263 e. The van der Waals surface area contributed by atoms with E-state index in [-0.39, 0.29) is 5.57 Å². The molecule has 0 unspecified atom stereocenters. The van der Waals surface area contributed by atoms with Crippen LogP contribution in [0, 0.1) is 11.3 Å². The number of hydrogen-bond acceptors (Lipinski definition) is 4. The minimum Gasteiger partial charge on any atom is -0.495 e. The maximum absolute atomic E-state index is 11.7. The normalized spacial score (nSPS) is 10.7. The summed E-state index contributed by atoms with van der Waals surface area (Å²) in [7, 11) is 1.52. The second kappa shape index (κ2) is 9.11. The molecule has 0 fully saturated rings. The molecule has 1 rings (SSSR count). The maximum atomic E-state index is 11.7. The van der Waals surface area contributed by atoms with Crippen molar-refractivity contribution in [1.29, 1.82) is 5.26 Å². The van der Waals surface area contributed by atoms with Gasteiger partial charge in [-0.15, -0.1) is 11.6 Å². The van der Waals surface area contributed by atoms with Gasteiger partial charge in [0.1, 0.15) is 17.4 Å². The Morgan fingerprint density at radius 1 is 1.52 bits per heavy atom. The van der Waals surface area contributed by atoms with Gasteiger partial charge in [0, 0.05) is 24.3 Å². The Hall–Kier alpha value is -1.90. The number of ether oxygens (including phenoxy) is 1. The van der Waals surface area contributed by atoms with Crippen LogP contribution >= 0.6 is 23.2 Å². The van der Waals surface area contributed by atoms with Crippen LogP contribution in [0.2, 0.25) is 5.02 Å². The number of amides is 1. The Kier molecular flexibility index (Phi) is 7.44. The van der Waals surface area contributed by atoms with E-state index in [1.165, 1.54) is 13.3 Å². The number of rotatable bonds is 7. The molecule has 0 bridgehead atoms.